The Morgan fingerprint density at radius 3 is 2.81 bits per heavy atom. The van der Waals surface area contributed by atoms with Gasteiger partial charge in [0.25, 0.3) is 5.91 Å². The van der Waals surface area contributed by atoms with Crippen molar-refractivity contribution in [2.75, 3.05) is 5.75 Å². The third kappa shape index (κ3) is 4.54. The second-order valence-electron chi connectivity index (χ2n) is 6.18. The monoisotopic (exact) mass is 384 g/mol. The molecule has 3 rings (SSSR count). The highest BCUT2D eigenvalue weighted by molar-refractivity contribution is 7.99. The van der Waals surface area contributed by atoms with Gasteiger partial charge in [-0.3, -0.25) is 4.79 Å². The minimum absolute atomic E-state index is 0.213. The van der Waals surface area contributed by atoms with Crippen LogP contribution in [-0.2, 0) is 0 Å². The lowest BCUT2D eigenvalue weighted by Gasteiger charge is -2.16. The number of aromatic nitrogens is 3. The molecular formula is C20H21FN4OS. The van der Waals surface area contributed by atoms with E-state index in [0.717, 1.165) is 16.3 Å². The smallest absolute Gasteiger partial charge is 0.251 e. The van der Waals surface area contributed by atoms with Crippen LogP contribution in [-0.4, -0.2) is 26.4 Å². The fourth-order valence-corrected chi connectivity index (χ4v) is 3.31. The number of hydrogen-bond donors (Lipinski definition) is 1. The number of carbonyl (C=O) groups is 1. The number of pyridine rings is 1. The molecule has 0 radical (unpaired) electrons. The summed E-state index contributed by atoms with van der Waals surface area (Å²) in [6, 6.07) is 8.00. The molecule has 2 aromatic heterocycles. The second kappa shape index (κ2) is 8.35. The van der Waals surface area contributed by atoms with E-state index in [4.69, 9.17) is 0 Å². The molecule has 1 aromatic carbocycles. The summed E-state index contributed by atoms with van der Waals surface area (Å²) in [7, 11) is 0. The lowest BCUT2D eigenvalue weighted by molar-refractivity contribution is 0.0939. The number of hydrogen-bond acceptors (Lipinski definition) is 4. The zero-order valence-corrected chi connectivity index (χ0v) is 16.3. The maximum atomic E-state index is 14.5. The van der Waals surface area contributed by atoms with Crippen molar-refractivity contribution in [1.29, 1.82) is 0 Å². The van der Waals surface area contributed by atoms with Gasteiger partial charge in [0.1, 0.15) is 11.5 Å². The molecule has 3 aromatic rings. The largest absolute Gasteiger partial charge is 0.346 e. The van der Waals surface area contributed by atoms with E-state index in [1.165, 1.54) is 10.7 Å². The first-order valence-electron chi connectivity index (χ1n) is 8.68. The topological polar surface area (TPSA) is 59.8 Å². The molecule has 0 spiro atoms. The van der Waals surface area contributed by atoms with E-state index in [2.05, 4.69) is 15.4 Å². The van der Waals surface area contributed by atoms with Crippen LogP contribution in [0.25, 0.3) is 5.69 Å². The summed E-state index contributed by atoms with van der Waals surface area (Å²) in [4.78, 5) is 16.7. The average molecular weight is 384 g/mol. The van der Waals surface area contributed by atoms with Gasteiger partial charge in [-0.15, -0.1) is 11.8 Å². The average Bonchev–Trinajstić information content (AvgIpc) is 3.08. The zero-order chi connectivity index (χ0) is 19.4. The Morgan fingerprint density at radius 2 is 2.15 bits per heavy atom. The van der Waals surface area contributed by atoms with Gasteiger partial charge >= 0.3 is 0 Å². The maximum absolute atomic E-state index is 14.5. The van der Waals surface area contributed by atoms with Gasteiger partial charge in [0.15, 0.2) is 0 Å². The van der Waals surface area contributed by atoms with E-state index < -0.39 is 0 Å². The number of thioether (sulfide) groups is 1. The summed E-state index contributed by atoms with van der Waals surface area (Å²) in [5.74, 6) is 0.285. The quantitative estimate of drug-likeness (QED) is 0.643. The van der Waals surface area contributed by atoms with Crippen LogP contribution in [0.1, 0.15) is 41.4 Å². The van der Waals surface area contributed by atoms with E-state index in [9.17, 15) is 9.18 Å². The van der Waals surface area contributed by atoms with Gasteiger partial charge in [0, 0.05) is 18.0 Å². The van der Waals surface area contributed by atoms with Crippen LogP contribution in [0.4, 0.5) is 4.39 Å². The van der Waals surface area contributed by atoms with Crippen LogP contribution in [0.5, 0.6) is 0 Å². The summed E-state index contributed by atoms with van der Waals surface area (Å²) in [6.07, 6.45) is 5.06. The Morgan fingerprint density at radius 1 is 1.33 bits per heavy atom. The molecule has 27 heavy (non-hydrogen) atoms. The van der Waals surface area contributed by atoms with Crippen molar-refractivity contribution in [3.05, 3.63) is 71.4 Å². The minimum Gasteiger partial charge on any atom is -0.346 e. The third-order valence-electron chi connectivity index (χ3n) is 4.07. The summed E-state index contributed by atoms with van der Waals surface area (Å²) < 4.78 is 16.0. The first-order chi connectivity index (χ1) is 13.0. The third-order valence-corrected chi connectivity index (χ3v) is 4.87. The van der Waals surface area contributed by atoms with Crippen LogP contribution in [0.15, 0.2) is 53.9 Å². The number of carbonyl (C=O) groups excluding carboxylic acids is 1. The van der Waals surface area contributed by atoms with Gasteiger partial charge in [-0.25, -0.2) is 14.1 Å². The molecule has 0 aliphatic heterocycles. The highest BCUT2D eigenvalue weighted by atomic mass is 32.2. The molecule has 0 saturated heterocycles. The number of benzene rings is 1. The van der Waals surface area contributed by atoms with E-state index >= 15 is 0 Å². The summed E-state index contributed by atoms with van der Waals surface area (Å²) in [5.41, 5.74) is 2.56. The zero-order valence-electron chi connectivity index (χ0n) is 15.4. The van der Waals surface area contributed by atoms with Crippen molar-refractivity contribution in [1.82, 2.24) is 20.1 Å². The van der Waals surface area contributed by atoms with Gasteiger partial charge in [-0.1, -0.05) is 13.0 Å². The van der Waals surface area contributed by atoms with E-state index in [0.29, 0.717) is 16.8 Å². The molecule has 5 nitrogen and oxygen atoms in total. The van der Waals surface area contributed by atoms with Crippen molar-refractivity contribution < 1.29 is 9.18 Å². The Bertz CT molecular complexity index is 957. The van der Waals surface area contributed by atoms with Crippen LogP contribution in [0, 0.1) is 12.7 Å². The first-order valence-corrected chi connectivity index (χ1v) is 9.67. The van der Waals surface area contributed by atoms with Gasteiger partial charge in [-0.2, -0.15) is 5.10 Å². The summed E-state index contributed by atoms with van der Waals surface area (Å²) >= 11 is 1.58. The van der Waals surface area contributed by atoms with Crippen molar-refractivity contribution in [3.8, 4) is 5.69 Å². The van der Waals surface area contributed by atoms with E-state index in [1.807, 2.05) is 20.8 Å². The van der Waals surface area contributed by atoms with Gasteiger partial charge in [0.2, 0.25) is 0 Å². The molecule has 0 saturated carbocycles. The Labute approximate surface area is 162 Å². The Kier molecular flexibility index (Phi) is 5.91. The molecule has 0 aliphatic rings. The van der Waals surface area contributed by atoms with Crippen molar-refractivity contribution in [2.24, 2.45) is 0 Å². The Hall–Kier alpha value is -2.67. The number of amides is 1. The van der Waals surface area contributed by atoms with Crippen molar-refractivity contribution in [3.63, 3.8) is 0 Å². The van der Waals surface area contributed by atoms with Crippen LogP contribution in [0.3, 0.4) is 0 Å². The van der Waals surface area contributed by atoms with Crippen LogP contribution >= 0.6 is 11.8 Å². The molecule has 0 aliphatic carbocycles. The standard InChI is InChI=1S/C20H21FN4OS/c1-4-27-19-10-16(7-8-22-19)20(26)24-14(3)15-5-6-18(17(21)9-15)25-12-13(2)11-23-25/h5-12,14H,4H2,1-3H3,(H,24,26). The number of nitrogens with one attached hydrogen (secondary N) is 1. The van der Waals surface area contributed by atoms with Crippen molar-refractivity contribution in [2.45, 2.75) is 31.8 Å². The number of aryl methyl sites for hydroxylation is 1. The van der Waals surface area contributed by atoms with Crippen LogP contribution in [0.2, 0.25) is 0 Å². The molecule has 2 heterocycles. The predicted molar refractivity (Wildman–Crippen MR) is 105 cm³/mol. The number of halogens is 1. The molecule has 0 bridgehead atoms. The van der Waals surface area contributed by atoms with Gasteiger partial charge in [0.05, 0.1) is 17.3 Å². The maximum Gasteiger partial charge on any atom is 0.251 e. The fourth-order valence-electron chi connectivity index (χ4n) is 2.66. The molecule has 1 atom stereocenters. The highest BCUT2D eigenvalue weighted by Crippen LogP contribution is 2.21. The predicted octanol–water partition coefficient (Wildman–Crippen LogP) is 4.32. The molecule has 1 amide bonds. The van der Waals surface area contributed by atoms with E-state index in [-0.39, 0.29) is 17.8 Å². The lowest BCUT2D eigenvalue weighted by Crippen LogP contribution is -2.26. The molecular weight excluding hydrogens is 363 g/mol. The molecule has 140 valence electrons. The summed E-state index contributed by atoms with van der Waals surface area (Å²) in [6.45, 7) is 5.76. The second-order valence-corrected chi connectivity index (χ2v) is 7.47. The fraction of sp³-hybridized carbons (Fsp3) is 0.250. The molecule has 1 unspecified atom stereocenters. The van der Waals surface area contributed by atoms with Crippen LogP contribution < -0.4 is 5.32 Å². The molecule has 0 fully saturated rings. The van der Waals surface area contributed by atoms with Gasteiger partial charge in [-0.05, 0) is 55.0 Å². The van der Waals surface area contributed by atoms with E-state index in [1.54, 1.807) is 54.6 Å². The SMILES string of the molecule is CCSc1cc(C(=O)NC(C)c2ccc(-n3cc(C)cn3)c(F)c2)ccn1. The minimum atomic E-state index is -0.387. The normalized spacial score (nSPS) is 12.0. The summed E-state index contributed by atoms with van der Waals surface area (Å²) in [5, 5.41) is 7.85. The van der Waals surface area contributed by atoms with Crippen molar-refractivity contribution >= 4 is 17.7 Å². The number of nitrogens with zero attached hydrogens (tertiary/aromatic N) is 3. The first kappa shape index (κ1) is 19.1. The van der Waals surface area contributed by atoms with Gasteiger partial charge < -0.3 is 5.32 Å². The lowest BCUT2D eigenvalue weighted by atomic mass is 10.1. The highest BCUT2D eigenvalue weighted by Gasteiger charge is 2.15. The number of rotatable bonds is 6. The Balaban J connectivity index is 1.74. The molecule has 1 N–H and O–H groups in total. The molecule has 7 heteroatoms.